The molecule has 5 heteroatoms. The predicted molar refractivity (Wildman–Crippen MR) is 96.5 cm³/mol. The topological polar surface area (TPSA) is 61.0 Å². The molecule has 3 aromatic rings. The van der Waals surface area contributed by atoms with E-state index < -0.39 is 5.97 Å². The van der Waals surface area contributed by atoms with Gasteiger partial charge in [0.2, 0.25) is 0 Å². The van der Waals surface area contributed by atoms with Gasteiger partial charge in [-0.25, -0.2) is 9.79 Å². The van der Waals surface area contributed by atoms with Gasteiger partial charge < -0.3 is 13.9 Å². The average molecular weight is 345 g/mol. The van der Waals surface area contributed by atoms with Gasteiger partial charge in [0.25, 0.3) is 5.90 Å². The molecule has 0 radical (unpaired) electrons. The summed E-state index contributed by atoms with van der Waals surface area (Å²) in [6, 6.07) is 20.8. The Kier molecular flexibility index (Phi) is 4.35. The number of furan rings is 1. The van der Waals surface area contributed by atoms with E-state index >= 15 is 0 Å². The highest BCUT2D eigenvalue weighted by molar-refractivity contribution is 6.11. The summed E-state index contributed by atoms with van der Waals surface area (Å²) in [5.41, 5.74) is 2.10. The Labute approximate surface area is 150 Å². The second-order valence-electron chi connectivity index (χ2n) is 5.66. The largest absolute Gasteiger partial charge is 0.489 e. The van der Waals surface area contributed by atoms with Crippen LogP contribution in [0.25, 0.3) is 6.08 Å². The maximum Gasteiger partial charge on any atom is 0.363 e. The molecule has 0 saturated carbocycles. The van der Waals surface area contributed by atoms with Crippen molar-refractivity contribution in [3.8, 4) is 5.75 Å². The lowest BCUT2D eigenvalue weighted by Crippen LogP contribution is -2.04. The van der Waals surface area contributed by atoms with Crippen molar-refractivity contribution in [2.75, 3.05) is 0 Å². The number of rotatable bonds is 5. The third kappa shape index (κ3) is 3.57. The lowest BCUT2D eigenvalue weighted by molar-refractivity contribution is -0.130. The van der Waals surface area contributed by atoms with Crippen LogP contribution >= 0.6 is 0 Å². The number of ether oxygens (including phenoxy) is 2. The fourth-order valence-corrected chi connectivity index (χ4v) is 2.51. The van der Waals surface area contributed by atoms with Crippen molar-refractivity contribution in [2.45, 2.75) is 6.61 Å². The Morgan fingerprint density at radius 1 is 1.00 bits per heavy atom. The molecule has 128 valence electrons. The molecule has 1 aromatic heterocycles. The van der Waals surface area contributed by atoms with E-state index in [1.807, 2.05) is 54.6 Å². The highest BCUT2D eigenvalue weighted by atomic mass is 16.6. The van der Waals surface area contributed by atoms with Crippen LogP contribution in [0.2, 0.25) is 0 Å². The summed E-state index contributed by atoms with van der Waals surface area (Å²) in [6.07, 6.45) is 3.16. The molecule has 4 rings (SSSR count). The highest BCUT2D eigenvalue weighted by Gasteiger charge is 2.25. The summed E-state index contributed by atoms with van der Waals surface area (Å²) >= 11 is 0. The number of nitrogens with zero attached hydrogens (tertiary/aromatic N) is 1. The van der Waals surface area contributed by atoms with Gasteiger partial charge in [-0.2, -0.15) is 0 Å². The van der Waals surface area contributed by atoms with E-state index in [2.05, 4.69) is 4.99 Å². The third-order valence-electron chi connectivity index (χ3n) is 3.76. The second-order valence-corrected chi connectivity index (χ2v) is 5.66. The summed E-state index contributed by atoms with van der Waals surface area (Å²) in [6.45, 7) is 0.476. The SMILES string of the molecule is O=C1OC(c2ccco2)=N/C1=C\c1cccc(OCc2ccccc2)c1. The zero-order valence-corrected chi connectivity index (χ0v) is 13.8. The van der Waals surface area contributed by atoms with Crippen LogP contribution in [0.4, 0.5) is 0 Å². The number of hydrogen-bond donors (Lipinski definition) is 0. The van der Waals surface area contributed by atoms with Gasteiger partial charge in [0, 0.05) is 0 Å². The zero-order valence-electron chi connectivity index (χ0n) is 13.8. The van der Waals surface area contributed by atoms with Crippen LogP contribution in [-0.4, -0.2) is 11.9 Å². The van der Waals surface area contributed by atoms with Crippen LogP contribution in [0.1, 0.15) is 16.9 Å². The minimum atomic E-state index is -0.507. The molecule has 2 aromatic carbocycles. The van der Waals surface area contributed by atoms with Gasteiger partial charge >= 0.3 is 5.97 Å². The summed E-state index contributed by atoms with van der Waals surface area (Å²) in [5, 5.41) is 0. The van der Waals surface area contributed by atoms with Gasteiger partial charge in [0.15, 0.2) is 11.5 Å². The summed E-state index contributed by atoms with van der Waals surface area (Å²) in [5.74, 6) is 0.793. The normalized spacial score (nSPS) is 15.0. The molecule has 26 heavy (non-hydrogen) atoms. The van der Waals surface area contributed by atoms with Crippen LogP contribution in [0.3, 0.4) is 0 Å². The number of aliphatic imine (C=N–C) groups is 1. The highest BCUT2D eigenvalue weighted by Crippen LogP contribution is 2.22. The van der Waals surface area contributed by atoms with Crippen LogP contribution in [0.15, 0.2) is 88.1 Å². The first-order valence-electron chi connectivity index (χ1n) is 8.11. The number of hydrogen-bond acceptors (Lipinski definition) is 5. The first-order valence-corrected chi connectivity index (χ1v) is 8.11. The maximum atomic E-state index is 12.0. The lowest BCUT2D eigenvalue weighted by Gasteiger charge is -2.07. The molecule has 0 N–H and O–H groups in total. The van der Waals surface area contributed by atoms with Crippen molar-refractivity contribution in [2.24, 2.45) is 4.99 Å². The second kappa shape index (κ2) is 7.11. The van der Waals surface area contributed by atoms with Crippen LogP contribution in [-0.2, 0) is 16.1 Å². The molecular formula is C21H15NO4. The van der Waals surface area contributed by atoms with Crippen LogP contribution in [0.5, 0.6) is 5.75 Å². The number of carbonyl (C=O) groups excluding carboxylic acids is 1. The van der Waals surface area contributed by atoms with E-state index in [1.54, 1.807) is 18.2 Å². The Morgan fingerprint density at radius 2 is 1.88 bits per heavy atom. The fourth-order valence-electron chi connectivity index (χ4n) is 2.51. The Morgan fingerprint density at radius 3 is 2.69 bits per heavy atom. The van der Waals surface area contributed by atoms with Crippen molar-refractivity contribution >= 4 is 17.9 Å². The smallest absolute Gasteiger partial charge is 0.363 e. The van der Waals surface area contributed by atoms with E-state index in [-0.39, 0.29) is 11.6 Å². The van der Waals surface area contributed by atoms with Crippen LogP contribution < -0.4 is 4.74 Å². The number of benzene rings is 2. The molecule has 1 aliphatic rings. The molecule has 0 aliphatic carbocycles. The molecule has 0 saturated heterocycles. The lowest BCUT2D eigenvalue weighted by atomic mass is 10.2. The van der Waals surface area contributed by atoms with E-state index in [4.69, 9.17) is 13.9 Å². The van der Waals surface area contributed by atoms with E-state index in [0.29, 0.717) is 18.1 Å². The van der Waals surface area contributed by atoms with Gasteiger partial charge in [0.1, 0.15) is 12.4 Å². The predicted octanol–water partition coefficient (Wildman–Crippen LogP) is 4.20. The standard InChI is InChI=1S/C21H15NO4/c23-21-18(22-20(26-21)19-10-5-11-24-19)13-16-8-4-9-17(12-16)25-14-15-6-2-1-3-7-15/h1-13H,14H2/b18-13-. The fraction of sp³-hybridized carbons (Fsp3) is 0.0476. The molecule has 0 amide bonds. The molecule has 0 spiro atoms. The molecular weight excluding hydrogens is 330 g/mol. The number of carbonyl (C=O) groups is 1. The summed E-state index contributed by atoms with van der Waals surface area (Å²) in [7, 11) is 0. The maximum absolute atomic E-state index is 12.0. The molecule has 0 bridgehead atoms. The van der Waals surface area contributed by atoms with Gasteiger partial charge in [-0.15, -0.1) is 0 Å². The monoisotopic (exact) mass is 345 g/mol. The van der Waals surface area contributed by atoms with Gasteiger partial charge in [-0.1, -0.05) is 42.5 Å². The first-order chi connectivity index (χ1) is 12.8. The van der Waals surface area contributed by atoms with Crippen molar-refractivity contribution in [1.29, 1.82) is 0 Å². The first kappa shape index (κ1) is 15.9. The van der Waals surface area contributed by atoms with Crippen LogP contribution in [0, 0.1) is 0 Å². The molecule has 1 aliphatic heterocycles. The van der Waals surface area contributed by atoms with Crippen molar-refractivity contribution in [3.63, 3.8) is 0 Å². The quantitative estimate of drug-likeness (QED) is 0.513. The molecule has 0 unspecified atom stereocenters. The average Bonchev–Trinajstić information content (AvgIpc) is 3.32. The Balaban J connectivity index is 1.51. The van der Waals surface area contributed by atoms with E-state index in [0.717, 1.165) is 11.1 Å². The van der Waals surface area contributed by atoms with E-state index in [9.17, 15) is 4.79 Å². The molecule has 2 heterocycles. The van der Waals surface area contributed by atoms with E-state index in [1.165, 1.54) is 6.26 Å². The molecule has 0 atom stereocenters. The van der Waals surface area contributed by atoms with Crippen molar-refractivity contribution in [3.05, 3.63) is 95.6 Å². The summed E-state index contributed by atoms with van der Waals surface area (Å²) in [4.78, 5) is 16.2. The van der Waals surface area contributed by atoms with Gasteiger partial charge in [-0.3, -0.25) is 0 Å². The van der Waals surface area contributed by atoms with Gasteiger partial charge in [-0.05, 0) is 41.5 Å². The number of esters is 1. The molecule has 0 fully saturated rings. The van der Waals surface area contributed by atoms with Gasteiger partial charge in [0.05, 0.1) is 6.26 Å². The minimum absolute atomic E-state index is 0.169. The third-order valence-corrected chi connectivity index (χ3v) is 3.76. The number of cyclic esters (lactones) is 1. The molecule has 5 nitrogen and oxygen atoms in total. The van der Waals surface area contributed by atoms with Crippen molar-refractivity contribution < 1.29 is 18.7 Å². The zero-order chi connectivity index (χ0) is 17.8. The Hall–Kier alpha value is -3.60. The summed E-state index contributed by atoms with van der Waals surface area (Å²) < 4.78 is 16.2. The Bertz CT molecular complexity index is 972. The van der Waals surface area contributed by atoms with Crippen molar-refractivity contribution in [1.82, 2.24) is 0 Å². The minimum Gasteiger partial charge on any atom is -0.489 e.